The van der Waals surface area contributed by atoms with Crippen LogP contribution in [-0.4, -0.2) is 24.6 Å². The van der Waals surface area contributed by atoms with E-state index < -0.39 is 22.1 Å². The highest BCUT2D eigenvalue weighted by atomic mass is 32.2. The molecule has 1 unspecified atom stereocenters. The number of carbonyl (C=O) groups excluding carboxylic acids is 1. The molecule has 0 aromatic carbocycles. The second-order valence-corrected chi connectivity index (χ2v) is 2.66. The summed E-state index contributed by atoms with van der Waals surface area (Å²) in [6, 6.07) is 1.23. The SMILES string of the molecule is NC(=O)c1ccnc(S(=O)[O-])n1. The Morgan fingerprint density at radius 3 is 2.83 bits per heavy atom. The maximum atomic E-state index is 10.5. The van der Waals surface area contributed by atoms with Crippen LogP contribution in [0.15, 0.2) is 17.4 Å². The number of carbonyl (C=O) groups is 1. The van der Waals surface area contributed by atoms with Crippen molar-refractivity contribution >= 4 is 17.0 Å². The van der Waals surface area contributed by atoms with Crippen LogP contribution in [0.4, 0.5) is 0 Å². The third kappa shape index (κ3) is 1.83. The van der Waals surface area contributed by atoms with Crippen molar-refractivity contribution in [3.05, 3.63) is 18.0 Å². The third-order valence-corrected chi connectivity index (χ3v) is 1.53. The summed E-state index contributed by atoms with van der Waals surface area (Å²) in [7, 11) is 0. The van der Waals surface area contributed by atoms with Crippen LogP contribution >= 0.6 is 0 Å². The number of primary amides is 1. The second kappa shape index (κ2) is 3.37. The minimum absolute atomic E-state index is 0.121. The van der Waals surface area contributed by atoms with E-state index in [-0.39, 0.29) is 5.69 Å². The largest absolute Gasteiger partial charge is 0.766 e. The van der Waals surface area contributed by atoms with Gasteiger partial charge in [0.05, 0.1) is 0 Å². The van der Waals surface area contributed by atoms with Gasteiger partial charge >= 0.3 is 0 Å². The average molecular weight is 186 g/mol. The fourth-order valence-corrected chi connectivity index (χ4v) is 0.878. The monoisotopic (exact) mass is 186 g/mol. The molecule has 1 rings (SSSR count). The van der Waals surface area contributed by atoms with E-state index in [9.17, 15) is 13.6 Å². The van der Waals surface area contributed by atoms with E-state index in [1.54, 1.807) is 0 Å². The number of hydrogen-bond donors (Lipinski definition) is 1. The first-order valence-electron chi connectivity index (χ1n) is 2.83. The van der Waals surface area contributed by atoms with Crippen molar-refractivity contribution in [1.29, 1.82) is 0 Å². The molecule has 0 fully saturated rings. The molecule has 0 bridgehead atoms. The lowest BCUT2D eigenvalue weighted by molar-refractivity contribution is 0.0994. The molecule has 0 aliphatic carbocycles. The summed E-state index contributed by atoms with van der Waals surface area (Å²) in [4.78, 5) is 17.3. The Kier molecular flexibility index (Phi) is 2.46. The molecule has 0 aliphatic heterocycles. The van der Waals surface area contributed by atoms with E-state index in [0.717, 1.165) is 6.20 Å². The zero-order valence-electron chi connectivity index (χ0n) is 5.76. The Morgan fingerprint density at radius 1 is 1.67 bits per heavy atom. The maximum absolute atomic E-state index is 10.5. The van der Waals surface area contributed by atoms with Gasteiger partial charge in [-0.1, -0.05) is 0 Å². The van der Waals surface area contributed by atoms with Crippen LogP contribution in [-0.2, 0) is 11.1 Å². The van der Waals surface area contributed by atoms with Gasteiger partial charge in [0.25, 0.3) is 5.91 Å². The smallest absolute Gasteiger partial charge is 0.267 e. The van der Waals surface area contributed by atoms with Crippen molar-refractivity contribution in [2.75, 3.05) is 0 Å². The molecular formula is C5H4N3O3S-. The molecule has 2 N–H and O–H groups in total. The lowest BCUT2D eigenvalue weighted by atomic mass is 10.4. The fourth-order valence-electron chi connectivity index (χ4n) is 0.558. The molecule has 1 atom stereocenters. The van der Waals surface area contributed by atoms with Crippen LogP contribution in [0.2, 0.25) is 0 Å². The third-order valence-electron chi connectivity index (χ3n) is 1.03. The first-order chi connectivity index (χ1) is 5.61. The summed E-state index contributed by atoms with van der Waals surface area (Å²) < 4.78 is 20.6. The molecule has 0 saturated carbocycles. The Morgan fingerprint density at radius 2 is 2.33 bits per heavy atom. The Labute approximate surface area is 70.1 Å². The quantitative estimate of drug-likeness (QED) is 0.461. The first-order valence-corrected chi connectivity index (χ1v) is 3.91. The number of nitrogens with zero attached hydrogens (tertiary/aromatic N) is 2. The maximum Gasteiger partial charge on any atom is 0.267 e. The topological polar surface area (TPSA) is 109 Å². The van der Waals surface area contributed by atoms with Crippen LogP contribution in [0.5, 0.6) is 0 Å². The number of nitrogens with two attached hydrogens (primary N) is 1. The van der Waals surface area contributed by atoms with E-state index in [1.807, 2.05) is 0 Å². The minimum Gasteiger partial charge on any atom is -0.766 e. The van der Waals surface area contributed by atoms with E-state index in [2.05, 4.69) is 9.97 Å². The lowest BCUT2D eigenvalue weighted by Gasteiger charge is -2.02. The van der Waals surface area contributed by atoms with Gasteiger partial charge in [-0.2, -0.15) is 0 Å². The minimum atomic E-state index is -2.54. The lowest BCUT2D eigenvalue weighted by Crippen LogP contribution is -2.14. The summed E-state index contributed by atoms with van der Waals surface area (Å²) in [5, 5.41) is -0.439. The Hall–Kier alpha value is -1.34. The van der Waals surface area contributed by atoms with Gasteiger partial charge in [0.2, 0.25) is 5.16 Å². The molecule has 1 heterocycles. The van der Waals surface area contributed by atoms with Gasteiger partial charge in [-0.25, -0.2) is 9.97 Å². The van der Waals surface area contributed by atoms with Crippen molar-refractivity contribution < 1.29 is 13.6 Å². The van der Waals surface area contributed by atoms with Crippen molar-refractivity contribution in [3.63, 3.8) is 0 Å². The molecule has 6 nitrogen and oxygen atoms in total. The molecule has 1 aromatic rings. The average Bonchev–Trinajstić information content (AvgIpc) is 2.04. The van der Waals surface area contributed by atoms with Gasteiger partial charge in [0, 0.05) is 17.3 Å². The highest BCUT2D eigenvalue weighted by Gasteiger charge is 2.03. The Bertz CT molecular complexity index is 311. The summed E-state index contributed by atoms with van der Waals surface area (Å²) in [6.45, 7) is 0. The standard InChI is InChI=1S/C5H5N3O3S/c6-4(9)3-1-2-7-5(8-3)12(10)11/h1-2H,(H2,6,9)(H,10,11)/p-1. The molecular weight excluding hydrogens is 182 g/mol. The Balaban J connectivity index is 3.12. The van der Waals surface area contributed by atoms with Crippen LogP contribution in [0.1, 0.15) is 10.5 Å². The summed E-state index contributed by atoms with van der Waals surface area (Å²) in [5.74, 6) is -0.788. The van der Waals surface area contributed by atoms with Crippen molar-refractivity contribution in [2.45, 2.75) is 5.16 Å². The first kappa shape index (κ1) is 8.75. The van der Waals surface area contributed by atoms with E-state index in [0.29, 0.717) is 0 Å². The van der Waals surface area contributed by atoms with Crippen LogP contribution in [0.25, 0.3) is 0 Å². The van der Waals surface area contributed by atoms with Crippen molar-refractivity contribution in [2.24, 2.45) is 5.73 Å². The van der Waals surface area contributed by atoms with Gasteiger partial charge in [-0.15, -0.1) is 0 Å². The predicted octanol–water partition coefficient (Wildman–Crippen LogP) is -1.19. The molecule has 64 valence electrons. The van der Waals surface area contributed by atoms with Gasteiger partial charge in [0.15, 0.2) is 0 Å². The summed E-state index contributed by atoms with van der Waals surface area (Å²) in [5.41, 5.74) is 4.73. The summed E-state index contributed by atoms with van der Waals surface area (Å²) >= 11 is -2.54. The van der Waals surface area contributed by atoms with E-state index >= 15 is 0 Å². The van der Waals surface area contributed by atoms with Crippen LogP contribution in [0.3, 0.4) is 0 Å². The molecule has 0 radical (unpaired) electrons. The molecule has 1 amide bonds. The second-order valence-electron chi connectivity index (χ2n) is 1.82. The van der Waals surface area contributed by atoms with E-state index in [1.165, 1.54) is 6.07 Å². The molecule has 0 aliphatic rings. The molecule has 7 heteroatoms. The van der Waals surface area contributed by atoms with Crippen LogP contribution in [0, 0.1) is 0 Å². The number of amides is 1. The van der Waals surface area contributed by atoms with Crippen molar-refractivity contribution in [1.82, 2.24) is 9.97 Å². The van der Waals surface area contributed by atoms with Gasteiger partial charge in [-0.3, -0.25) is 9.00 Å². The van der Waals surface area contributed by atoms with E-state index in [4.69, 9.17) is 5.73 Å². The number of rotatable bonds is 2. The highest BCUT2D eigenvalue weighted by molar-refractivity contribution is 7.78. The normalized spacial score (nSPS) is 12.4. The zero-order valence-corrected chi connectivity index (χ0v) is 6.58. The predicted molar refractivity (Wildman–Crippen MR) is 37.7 cm³/mol. The number of hydrogen-bond acceptors (Lipinski definition) is 5. The molecule has 0 spiro atoms. The highest BCUT2D eigenvalue weighted by Crippen LogP contribution is 1.97. The summed E-state index contributed by atoms with van der Waals surface area (Å²) in [6.07, 6.45) is 1.15. The molecule has 12 heavy (non-hydrogen) atoms. The molecule has 0 saturated heterocycles. The molecule has 1 aromatic heterocycles. The number of aromatic nitrogens is 2. The zero-order chi connectivity index (χ0) is 9.14. The van der Waals surface area contributed by atoms with Gasteiger partial charge in [-0.05, 0) is 6.07 Å². The van der Waals surface area contributed by atoms with Gasteiger partial charge < -0.3 is 10.3 Å². The van der Waals surface area contributed by atoms with Gasteiger partial charge in [0.1, 0.15) is 5.69 Å². The fraction of sp³-hybridized carbons (Fsp3) is 0. The van der Waals surface area contributed by atoms with Crippen molar-refractivity contribution in [3.8, 4) is 0 Å². The van der Waals surface area contributed by atoms with Crippen LogP contribution < -0.4 is 5.73 Å².